The third-order valence-electron chi connectivity index (χ3n) is 3.05. The smallest absolute Gasteiger partial charge is 0.300 e. The maximum atomic E-state index is 11.4. The average Bonchev–Trinajstić information content (AvgIpc) is 2.79. The molecule has 0 saturated heterocycles. The zero-order valence-electron chi connectivity index (χ0n) is 11.4. The van der Waals surface area contributed by atoms with Crippen molar-refractivity contribution in [2.45, 2.75) is 13.5 Å². The quantitative estimate of drug-likeness (QED) is 0.447. The fourth-order valence-corrected chi connectivity index (χ4v) is 1.94. The van der Waals surface area contributed by atoms with Crippen LogP contribution in [0.1, 0.15) is 21.9 Å². The van der Waals surface area contributed by atoms with Crippen molar-refractivity contribution in [1.82, 2.24) is 5.43 Å². The number of carbonyl (C=O) groups excluding carboxylic acids is 1. The largest absolute Gasteiger partial charge is 0.508 e. The first-order valence-corrected chi connectivity index (χ1v) is 6.11. The molecule has 1 aromatic carbocycles. The number of benzene rings is 1. The molecule has 0 unspecified atom stereocenters. The van der Waals surface area contributed by atoms with Gasteiger partial charge in [0, 0.05) is 30.9 Å². The molecular formula is C14H17N3O3. The van der Waals surface area contributed by atoms with Crippen LogP contribution in [0.2, 0.25) is 0 Å². The number of nitrogens with one attached hydrogen (secondary N) is 1. The molecule has 6 heteroatoms. The molecule has 1 aromatic heterocycles. The number of aryl methyl sites for hydroxylation is 1. The summed E-state index contributed by atoms with van der Waals surface area (Å²) in [4.78, 5) is 13.3. The van der Waals surface area contributed by atoms with E-state index in [0.717, 1.165) is 11.3 Å². The number of rotatable bonds is 4. The monoisotopic (exact) mass is 275 g/mol. The lowest BCUT2D eigenvalue weighted by Gasteiger charge is -2.18. The van der Waals surface area contributed by atoms with E-state index in [-0.39, 0.29) is 11.5 Å². The minimum absolute atomic E-state index is 0.185. The van der Waals surface area contributed by atoms with Gasteiger partial charge in [-0.1, -0.05) is 6.07 Å². The molecule has 2 rings (SSSR count). The summed E-state index contributed by atoms with van der Waals surface area (Å²) in [7, 11) is 1.89. The van der Waals surface area contributed by atoms with Crippen molar-refractivity contribution in [3.8, 4) is 5.75 Å². The number of hydrogen-bond acceptors (Lipinski definition) is 5. The van der Waals surface area contributed by atoms with Crippen LogP contribution < -0.4 is 16.2 Å². The summed E-state index contributed by atoms with van der Waals surface area (Å²) in [6.45, 7) is 2.34. The molecule has 0 fully saturated rings. The highest BCUT2D eigenvalue weighted by atomic mass is 16.4. The summed E-state index contributed by atoms with van der Waals surface area (Å²) in [6.07, 6.45) is 0. The van der Waals surface area contributed by atoms with Crippen LogP contribution in [0.15, 0.2) is 34.7 Å². The number of phenols is 1. The normalized spacial score (nSPS) is 10.3. The summed E-state index contributed by atoms with van der Waals surface area (Å²) < 4.78 is 5.36. The third-order valence-corrected chi connectivity index (χ3v) is 3.05. The Morgan fingerprint density at radius 1 is 1.45 bits per heavy atom. The number of phenolic OH excluding ortho intramolecular Hbond substituents is 1. The molecule has 0 aliphatic heterocycles. The summed E-state index contributed by atoms with van der Waals surface area (Å²) >= 11 is 0. The molecule has 0 atom stereocenters. The number of hydrogen-bond donors (Lipinski definition) is 3. The highest BCUT2D eigenvalue weighted by Crippen LogP contribution is 2.22. The number of nitrogen functional groups attached to an aromatic ring is 1. The summed E-state index contributed by atoms with van der Waals surface area (Å²) in [5.74, 6) is 5.67. The van der Waals surface area contributed by atoms with Crippen LogP contribution in [0.3, 0.4) is 0 Å². The van der Waals surface area contributed by atoms with E-state index in [4.69, 9.17) is 10.3 Å². The highest BCUT2D eigenvalue weighted by molar-refractivity contribution is 5.91. The maximum Gasteiger partial charge on any atom is 0.300 e. The molecule has 0 spiro atoms. The van der Waals surface area contributed by atoms with Crippen molar-refractivity contribution in [3.05, 3.63) is 47.4 Å². The Labute approximate surface area is 116 Å². The first kappa shape index (κ1) is 14.0. The van der Waals surface area contributed by atoms with Crippen LogP contribution in [-0.2, 0) is 6.54 Å². The zero-order valence-corrected chi connectivity index (χ0v) is 11.4. The van der Waals surface area contributed by atoms with E-state index in [1.165, 1.54) is 0 Å². The second-order valence-corrected chi connectivity index (χ2v) is 4.54. The number of anilines is 1. The number of amides is 1. The SMILES string of the molecule is Cc1oc(C(=O)NN)cc1CN(C)c1cccc(O)c1. The summed E-state index contributed by atoms with van der Waals surface area (Å²) in [5.41, 5.74) is 3.79. The van der Waals surface area contributed by atoms with E-state index >= 15 is 0 Å². The Morgan fingerprint density at radius 3 is 2.85 bits per heavy atom. The molecule has 2 aromatic rings. The standard InChI is InChI=1S/C14H17N3O3/c1-9-10(6-13(20-9)14(19)16-15)8-17(2)11-4-3-5-12(18)7-11/h3-7,18H,8,15H2,1-2H3,(H,16,19). The van der Waals surface area contributed by atoms with Crippen LogP contribution in [0.25, 0.3) is 0 Å². The van der Waals surface area contributed by atoms with Gasteiger partial charge in [0.1, 0.15) is 11.5 Å². The first-order valence-electron chi connectivity index (χ1n) is 6.11. The Morgan fingerprint density at radius 2 is 2.20 bits per heavy atom. The number of hydrazine groups is 1. The molecule has 1 heterocycles. The fraction of sp³-hybridized carbons (Fsp3) is 0.214. The Balaban J connectivity index is 2.17. The van der Waals surface area contributed by atoms with Gasteiger partial charge >= 0.3 is 5.91 Å². The van der Waals surface area contributed by atoms with Crippen LogP contribution in [0.5, 0.6) is 5.75 Å². The summed E-state index contributed by atoms with van der Waals surface area (Å²) in [5, 5.41) is 9.48. The van der Waals surface area contributed by atoms with Crippen LogP contribution in [0.4, 0.5) is 5.69 Å². The molecule has 20 heavy (non-hydrogen) atoms. The maximum absolute atomic E-state index is 11.4. The molecule has 4 N–H and O–H groups in total. The van der Waals surface area contributed by atoms with Crippen molar-refractivity contribution >= 4 is 11.6 Å². The fourth-order valence-electron chi connectivity index (χ4n) is 1.94. The van der Waals surface area contributed by atoms with Crippen molar-refractivity contribution in [3.63, 3.8) is 0 Å². The van der Waals surface area contributed by atoms with Gasteiger partial charge in [0.15, 0.2) is 5.76 Å². The van der Waals surface area contributed by atoms with Crippen LogP contribution in [0, 0.1) is 6.92 Å². The average molecular weight is 275 g/mol. The van der Waals surface area contributed by atoms with E-state index in [9.17, 15) is 9.90 Å². The zero-order chi connectivity index (χ0) is 14.7. The number of furan rings is 1. The van der Waals surface area contributed by atoms with Gasteiger partial charge in [0.25, 0.3) is 0 Å². The van der Waals surface area contributed by atoms with Gasteiger partial charge in [-0.25, -0.2) is 5.84 Å². The summed E-state index contributed by atoms with van der Waals surface area (Å²) in [6, 6.07) is 8.61. The lowest BCUT2D eigenvalue weighted by molar-refractivity contribution is 0.0924. The second-order valence-electron chi connectivity index (χ2n) is 4.54. The molecule has 0 aliphatic carbocycles. The molecule has 1 amide bonds. The molecule has 106 valence electrons. The molecule has 0 bridgehead atoms. The van der Waals surface area contributed by atoms with Gasteiger partial charge < -0.3 is 14.4 Å². The van der Waals surface area contributed by atoms with E-state index in [2.05, 4.69) is 0 Å². The first-order chi connectivity index (χ1) is 9.51. The van der Waals surface area contributed by atoms with Gasteiger partial charge in [-0.3, -0.25) is 10.2 Å². The van der Waals surface area contributed by atoms with Crippen LogP contribution >= 0.6 is 0 Å². The van der Waals surface area contributed by atoms with Gasteiger partial charge in [0.05, 0.1) is 0 Å². The molecule has 0 aliphatic rings. The molecule has 0 saturated carbocycles. The number of carbonyl (C=O) groups is 1. The molecule has 0 radical (unpaired) electrons. The van der Waals surface area contributed by atoms with Crippen molar-refractivity contribution < 1.29 is 14.3 Å². The van der Waals surface area contributed by atoms with E-state index in [1.807, 2.05) is 23.4 Å². The van der Waals surface area contributed by atoms with Gasteiger partial charge in [-0.15, -0.1) is 0 Å². The van der Waals surface area contributed by atoms with Gasteiger partial charge in [-0.2, -0.15) is 0 Å². The van der Waals surface area contributed by atoms with Crippen molar-refractivity contribution in [1.29, 1.82) is 0 Å². The topological polar surface area (TPSA) is 91.7 Å². The lowest BCUT2D eigenvalue weighted by Crippen LogP contribution is -2.29. The van der Waals surface area contributed by atoms with Crippen molar-refractivity contribution in [2.24, 2.45) is 5.84 Å². The number of aromatic hydroxyl groups is 1. The predicted octanol–water partition coefficient (Wildman–Crippen LogP) is 1.53. The predicted molar refractivity (Wildman–Crippen MR) is 75.3 cm³/mol. The Hall–Kier alpha value is -2.47. The highest BCUT2D eigenvalue weighted by Gasteiger charge is 2.14. The van der Waals surface area contributed by atoms with E-state index in [0.29, 0.717) is 12.3 Å². The minimum atomic E-state index is -0.459. The van der Waals surface area contributed by atoms with Gasteiger partial charge in [-0.05, 0) is 25.1 Å². The number of nitrogens with two attached hydrogens (primary N) is 1. The number of nitrogens with zero attached hydrogens (tertiary/aromatic N) is 1. The van der Waals surface area contributed by atoms with Gasteiger partial charge in [0.2, 0.25) is 0 Å². The van der Waals surface area contributed by atoms with E-state index < -0.39 is 5.91 Å². The molecule has 6 nitrogen and oxygen atoms in total. The van der Waals surface area contributed by atoms with E-state index in [1.54, 1.807) is 31.2 Å². The Bertz CT molecular complexity index is 622. The second kappa shape index (κ2) is 5.66. The molecular weight excluding hydrogens is 258 g/mol. The van der Waals surface area contributed by atoms with Crippen LogP contribution in [-0.4, -0.2) is 18.1 Å². The van der Waals surface area contributed by atoms with Crippen molar-refractivity contribution in [2.75, 3.05) is 11.9 Å². The lowest BCUT2D eigenvalue weighted by atomic mass is 10.2. The minimum Gasteiger partial charge on any atom is -0.508 e. The third kappa shape index (κ3) is 2.92. The Kier molecular flexibility index (Phi) is 3.95.